The first-order valence-corrected chi connectivity index (χ1v) is 10.7. The van der Waals surface area contributed by atoms with Crippen LogP contribution in [-0.4, -0.2) is 60.4 Å². The van der Waals surface area contributed by atoms with E-state index < -0.39 is 41.7 Å². The van der Waals surface area contributed by atoms with Crippen molar-refractivity contribution in [3.63, 3.8) is 0 Å². The summed E-state index contributed by atoms with van der Waals surface area (Å²) in [4.78, 5) is 59.8. The number of benzene rings is 1. The molecule has 4 amide bonds. The highest BCUT2D eigenvalue weighted by atomic mass is 16.5. The van der Waals surface area contributed by atoms with E-state index in [0.717, 1.165) is 12.2 Å². The van der Waals surface area contributed by atoms with Gasteiger partial charge in [-0.05, 0) is 30.5 Å². The van der Waals surface area contributed by atoms with E-state index in [1.165, 1.54) is 14.0 Å². The van der Waals surface area contributed by atoms with Crippen LogP contribution < -0.4 is 21.3 Å². The largest absolute Gasteiger partial charge is 0.466 e. The van der Waals surface area contributed by atoms with Gasteiger partial charge in [-0.15, -0.1) is 0 Å². The van der Waals surface area contributed by atoms with Crippen LogP contribution in [0.3, 0.4) is 0 Å². The zero-order chi connectivity index (χ0) is 25.7. The van der Waals surface area contributed by atoms with Gasteiger partial charge in [0.2, 0.25) is 23.6 Å². The highest BCUT2D eigenvalue weighted by molar-refractivity contribution is 5.98. The van der Waals surface area contributed by atoms with Crippen LogP contribution in [0.15, 0.2) is 36.4 Å². The first-order valence-electron chi connectivity index (χ1n) is 10.7. The molecule has 0 unspecified atom stereocenters. The maximum atomic E-state index is 12.7. The van der Waals surface area contributed by atoms with E-state index in [4.69, 9.17) is 5.11 Å². The number of carbonyl (C=O) groups excluding carboxylic acids is 5. The summed E-state index contributed by atoms with van der Waals surface area (Å²) < 4.78 is 4.37. The minimum Gasteiger partial charge on any atom is -0.466 e. The molecule has 0 radical (unpaired) electrons. The Hall–Kier alpha value is -3.73. The Kier molecular flexibility index (Phi) is 12.0. The molecule has 0 aliphatic carbocycles. The van der Waals surface area contributed by atoms with Gasteiger partial charge in [-0.3, -0.25) is 19.2 Å². The number of anilines is 1. The summed E-state index contributed by atoms with van der Waals surface area (Å²) in [5.41, 5.74) is 1.22. The molecular formula is C23H32N4O7. The second-order valence-electron chi connectivity index (χ2n) is 7.76. The van der Waals surface area contributed by atoms with Gasteiger partial charge in [0.25, 0.3) is 0 Å². The average Bonchev–Trinajstić information content (AvgIpc) is 2.80. The number of ether oxygens (including phenoxy) is 1. The van der Waals surface area contributed by atoms with E-state index in [1.54, 1.807) is 38.1 Å². The third-order valence-electron chi connectivity index (χ3n) is 4.64. The Morgan fingerprint density at radius 2 is 1.62 bits per heavy atom. The zero-order valence-electron chi connectivity index (χ0n) is 19.7. The molecule has 1 aromatic carbocycles. The van der Waals surface area contributed by atoms with Gasteiger partial charge in [0, 0.05) is 30.8 Å². The molecule has 0 fully saturated rings. The van der Waals surface area contributed by atoms with E-state index in [9.17, 15) is 24.0 Å². The van der Waals surface area contributed by atoms with Gasteiger partial charge in [-0.2, -0.15) is 0 Å². The van der Waals surface area contributed by atoms with Crippen molar-refractivity contribution in [1.82, 2.24) is 16.0 Å². The lowest BCUT2D eigenvalue weighted by molar-refractivity contribution is -0.135. The zero-order valence-corrected chi connectivity index (χ0v) is 19.7. The molecule has 11 heteroatoms. The highest BCUT2D eigenvalue weighted by Crippen LogP contribution is 2.10. The molecule has 0 heterocycles. The normalized spacial score (nSPS) is 12.5. The van der Waals surface area contributed by atoms with Gasteiger partial charge in [0.15, 0.2) is 0 Å². The molecule has 0 saturated carbocycles. The summed E-state index contributed by atoms with van der Waals surface area (Å²) in [6.07, 6.45) is 1.85. The maximum absolute atomic E-state index is 12.7. The van der Waals surface area contributed by atoms with Crippen LogP contribution in [0.25, 0.3) is 0 Å². The lowest BCUT2D eigenvalue weighted by Crippen LogP contribution is -2.54. The van der Waals surface area contributed by atoms with Crippen molar-refractivity contribution in [2.75, 3.05) is 19.0 Å². The SMILES string of the molecule is COC(=O)/C=C\C(=O)NCCC(=O)N[C@H](C(=O)N[C@@H](C)C(=O)Nc1ccc(CO)cc1)C(C)C. The molecule has 0 spiro atoms. The first kappa shape index (κ1) is 28.3. The summed E-state index contributed by atoms with van der Waals surface area (Å²) in [5, 5.41) is 19.4. The second kappa shape index (κ2) is 14.4. The number of nitrogens with one attached hydrogen (secondary N) is 4. The third kappa shape index (κ3) is 10.3. The molecule has 0 saturated heterocycles. The van der Waals surface area contributed by atoms with Gasteiger partial charge in [-0.25, -0.2) is 4.79 Å². The average molecular weight is 477 g/mol. The van der Waals surface area contributed by atoms with E-state index >= 15 is 0 Å². The van der Waals surface area contributed by atoms with Crippen LogP contribution in [0.1, 0.15) is 32.8 Å². The molecule has 0 bridgehead atoms. The summed E-state index contributed by atoms with van der Waals surface area (Å²) in [6.45, 7) is 4.90. The predicted molar refractivity (Wildman–Crippen MR) is 124 cm³/mol. The van der Waals surface area contributed by atoms with Crippen molar-refractivity contribution in [2.45, 2.75) is 45.9 Å². The molecular weight excluding hydrogens is 444 g/mol. The monoisotopic (exact) mass is 476 g/mol. The molecule has 0 aromatic heterocycles. The molecule has 5 N–H and O–H groups in total. The van der Waals surface area contributed by atoms with Gasteiger partial charge < -0.3 is 31.1 Å². The van der Waals surface area contributed by atoms with Crippen LogP contribution in [0.5, 0.6) is 0 Å². The summed E-state index contributed by atoms with van der Waals surface area (Å²) in [5.74, 6) is -2.94. The van der Waals surface area contributed by atoms with E-state index in [-0.39, 0.29) is 25.5 Å². The summed E-state index contributed by atoms with van der Waals surface area (Å²) >= 11 is 0. The van der Waals surface area contributed by atoms with Gasteiger partial charge in [0.05, 0.1) is 13.7 Å². The fourth-order valence-corrected chi connectivity index (χ4v) is 2.66. The number of rotatable bonds is 12. The number of hydrogen-bond acceptors (Lipinski definition) is 7. The fourth-order valence-electron chi connectivity index (χ4n) is 2.66. The van der Waals surface area contributed by atoms with Gasteiger partial charge in [0.1, 0.15) is 12.1 Å². The minimum absolute atomic E-state index is 0.00348. The number of methoxy groups -OCH3 is 1. The first-order chi connectivity index (χ1) is 16.1. The van der Waals surface area contributed by atoms with Crippen LogP contribution >= 0.6 is 0 Å². The Morgan fingerprint density at radius 3 is 2.18 bits per heavy atom. The number of esters is 1. The molecule has 34 heavy (non-hydrogen) atoms. The molecule has 1 rings (SSSR count). The fraction of sp³-hybridized carbons (Fsp3) is 0.435. The van der Waals surface area contributed by atoms with E-state index in [2.05, 4.69) is 26.0 Å². The summed E-state index contributed by atoms with van der Waals surface area (Å²) in [7, 11) is 1.18. The van der Waals surface area contributed by atoms with E-state index in [0.29, 0.717) is 11.3 Å². The van der Waals surface area contributed by atoms with Gasteiger partial charge >= 0.3 is 5.97 Å². The standard InChI is InChI=1S/C23H32N4O7/c1-14(2)21(27-19(30)11-12-24-18(29)9-10-20(31)34-4)23(33)25-15(3)22(32)26-17-7-5-16(13-28)6-8-17/h5-10,14-15,21,28H,11-13H2,1-4H3,(H,24,29)(H,25,33)(H,26,32)(H,27,30)/b10-9-/t15-,21-/m0/s1. The van der Waals surface area contributed by atoms with Crippen molar-refractivity contribution in [2.24, 2.45) is 5.92 Å². The highest BCUT2D eigenvalue weighted by Gasteiger charge is 2.27. The van der Waals surface area contributed by atoms with E-state index in [1.807, 2.05) is 0 Å². The van der Waals surface area contributed by atoms with Gasteiger partial charge in [-0.1, -0.05) is 26.0 Å². The topological polar surface area (TPSA) is 163 Å². The van der Waals surface area contributed by atoms with Crippen LogP contribution in [0.4, 0.5) is 5.69 Å². The van der Waals surface area contributed by atoms with Crippen LogP contribution in [0, 0.1) is 5.92 Å². The number of carbonyl (C=O) groups is 5. The Labute approximate surface area is 198 Å². The molecule has 186 valence electrons. The Bertz CT molecular complexity index is 897. The van der Waals surface area contributed by atoms with Crippen LogP contribution in [0.2, 0.25) is 0 Å². The maximum Gasteiger partial charge on any atom is 0.330 e. The number of aliphatic hydroxyl groups excluding tert-OH is 1. The predicted octanol–water partition coefficient (Wildman–Crippen LogP) is -0.00160. The smallest absolute Gasteiger partial charge is 0.330 e. The van der Waals surface area contributed by atoms with Crippen molar-refractivity contribution >= 4 is 35.3 Å². The summed E-state index contributed by atoms with van der Waals surface area (Å²) in [6, 6.07) is 4.85. The number of amides is 4. The van der Waals surface area contributed by atoms with Crippen molar-refractivity contribution in [1.29, 1.82) is 0 Å². The number of aliphatic hydroxyl groups is 1. The quantitative estimate of drug-likeness (QED) is 0.209. The molecule has 0 aliphatic rings. The van der Waals surface area contributed by atoms with Crippen molar-refractivity contribution in [3.05, 3.63) is 42.0 Å². The molecule has 2 atom stereocenters. The number of hydrogen-bond donors (Lipinski definition) is 5. The molecule has 11 nitrogen and oxygen atoms in total. The Morgan fingerprint density at radius 1 is 0.971 bits per heavy atom. The lowest BCUT2D eigenvalue weighted by Gasteiger charge is -2.24. The molecule has 1 aromatic rings. The molecule has 0 aliphatic heterocycles. The Balaban J connectivity index is 2.54. The minimum atomic E-state index is -0.887. The van der Waals surface area contributed by atoms with Crippen molar-refractivity contribution < 1.29 is 33.8 Å². The van der Waals surface area contributed by atoms with Crippen molar-refractivity contribution in [3.8, 4) is 0 Å². The second-order valence-corrected chi connectivity index (χ2v) is 7.76. The third-order valence-corrected chi connectivity index (χ3v) is 4.64. The lowest BCUT2D eigenvalue weighted by atomic mass is 10.0. The van der Waals surface area contributed by atoms with Crippen LogP contribution in [-0.2, 0) is 35.3 Å².